The summed E-state index contributed by atoms with van der Waals surface area (Å²) in [6.07, 6.45) is 7.92. The van der Waals surface area contributed by atoms with Crippen LogP contribution in [0.15, 0.2) is 43.0 Å². The third kappa shape index (κ3) is 2.76. The first-order valence-electron chi connectivity index (χ1n) is 8.22. The van der Waals surface area contributed by atoms with Gasteiger partial charge in [-0.05, 0) is 37.0 Å². The van der Waals surface area contributed by atoms with Crippen molar-refractivity contribution in [2.45, 2.75) is 19.3 Å². The molecule has 6 nitrogen and oxygen atoms in total. The first-order chi connectivity index (χ1) is 12.3. The summed E-state index contributed by atoms with van der Waals surface area (Å²) in [4.78, 5) is 24.7. The summed E-state index contributed by atoms with van der Waals surface area (Å²) in [5, 5.41) is 2.94. The summed E-state index contributed by atoms with van der Waals surface area (Å²) in [5.41, 5.74) is 5.07. The zero-order valence-electron chi connectivity index (χ0n) is 13.9. The number of aryl methyl sites for hydroxylation is 2. The van der Waals surface area contributed by atoms with Crippen LogP contribution in [0, 0.1) is 0 Å². The van der Waals surface area contributed by atoms with Gasteiger partial charge in [0.2, 0.25) is 0 Å². The highest BCUT2D eigenvalue weighted by Gasteiger charge is 2.24. The molecule has 2 aromatic heterocycles. The number of hydrogen-bond donors (Lipinski definition) is 2. The smallest absolute Gasteiger partial charge is 0.258 e. The van der Waals surface area contributed by atoms with Crippen molar-refractivity contribution in [2.24, 2.45) is 0 Å². The second-order valence-electron chi connectivity index (χ2n) is 5.96. The lowest BCUT2D eigenvalue weighted by molar-refractivity contribution is 0.102. The highest BCUT2D eigenvalue weighted by atomic mass is 16.5. The minimum atomic E-state index is -0.187. The van der Waals surface area contributed by atoms with E-state index in [9.17, 15) is 4.79 Å². The fraction of sp³-hybridized carbons (Fsp3) is 0.211. The predicted molar refractivity (Wildman–Crippen MR) is 94.8 cm³/mol. The summed E-state index contributed by atoms with van der Waals surface area (Å²) < 4.78 is 5.31. The Labute approximate surface area is 145 Å². The Kier molecular flexibility index (Phi) is 3.93. The molecule has 25 heavy (non-hydrogen) atoms. The molecule has 0 bridgehead atoms. The van der Waals surface area contributed by atoms with Crippen LogP contribution in [-0.4, -0.2) is 28.0 Å². The van der Waals surface area contributed by atoms with E-state index in [0.717, 1.165) is 41.8 Å². The van der Waals surface area contributed by atoms with E-state index in [1.165, 1.54) is 6.33 Å². The normalized spacial score (nSPS) is 12.7. The van der Waals surface area contributed by atoms with Gasteiger partial charge in [-0.25, -0.2) is 9.97 Å². The molecular formula is C19H18N4O2. The predicted octanol–water partition coefficient (Wildman–Crippen LogP) is 3.22. The van der Waals surface area contributed by atoms with E-state index in [2.05, 4.69) is 20.3 Å². The van der Waals surface area contributed by atoms with E-state index >= 15 is 0 Å². The number of anilines is 1. The number of aromatic amines is 1. The maximum atomic E-state index is 12.9. The quantitative estimate of drug-likeness (QED) is 0.771. The molecule has 126 valence electrons. The first kappa shape index (κ1) is 15.4. The Morgan fingerprint density at radius 3 is 3.04 bits per heavy atom. The van der Waals surface area contributed by atoms with Crippen molar-refractivity contribution in [3.8, 4) is 17.0 Å². The van der Waals surface area contributed by atoms with Crippen LogP contribution in [-0.2, 0) is 12.8 Å². The van der Waals surface area contributed by atoms with Crippen molar-refractivity contribution < 1.29 is 9.53 Å². The molecule has 0 saturated heterocycles. The molecule has 1 aromatic carbocycles. The van der Waals surface area contributed by atoms with E-state index in [0.29, 0.717) is 17.0 Å². The Hall–Kier alpha value is -3.15. The zero-order valence-corrected chi connectivity index (χ0v) is 13.9. The number of carbonyl (C=O) groups is 1. The third-order valence-electron chi connectivity index (χ3n) is 4.46. The van der Waals surface area contributed by atoms with Crippen LogP contribution >= 0.6 is 0 Å². The van der Waals surface area contributed by atoms with Gasteiger partial charge in [-0.3, -0.25) is 4.79 Å². The van der Waals surface area contributed by atoms with Gasteiger partial charge in [0.25, 0.3) is 5.91 Å². The number of H-pyrrole nitrogens is 1. The monoisotopic (exact) mass is 334 g/mol. The molecule has 6 heteroatoms. The SMILES string of the molecule is COc1ccccc1NC(=O)c1c[nH]c2c1-c1ncncc1CCC2. The van der Waals surface area contributed by atoms with Crippen LogP contribution in [0.1, 0.15) is 28.0 Å². The third-order valence-corrected chi connectivity index (χ3v) is 4.46. The van der Waals surface area contributed by atoms with E-state index in [1.54, 1.807) is 13.3 Å². The van der Waals surface area contributed by atoms with Crippen molar-refractivity contribution in [3.05, 3.63) is 59.8 Å². The molecule has 0 aliphatic heterocycles. The fourth-order valence-electron chi connectivity index (χ4n) is 3.27. The largest absolute Gasteiger partial charge is 0.495 e. The molecule has 0 atom stereocenters. The van der Waals surface area contributed by atoms with E-state index in [1.807, 2.05) is 30.5 Å². The second-order valence-corrected chi connectivity index (χ2v) is 5.96. The van der Waals surface area contributed by atoms with Gasteiger partial charge in [-0.2, -0.15) is 0 Å². The number of fused-ring (bicyclic) bond motifs is 3. The minimum absolute atomic E-state index is 0.187. The van der Waals surface area contributed by atoms with Crippen molar-refractivity contribution in [1.82, 2.24) is 15.0 Å². The molecule has 0 radical (unpaired) electrons. The Morgan fingerprint density at radius 2 is 2.16 bits per heavy atom. The van der Waals surface area contributed by atoms with Crippen molar-refractivity contribution in [3.63, 3.8) is 0 Å². The molecule has 4 rings (SSSR count). The highest BCUT2D eigenvalue weighted by Crippen LogP contribution is 2.34. The van der Waals surface area contributed by atoms with Crippen molar-refractivity contribution in [2.75, 3.05) is 12.4 Å². The number of aromatic nitrogens is 3. The average Bonchev–Trinajstić information content (AvgIpc) is 2.98. The summed E-state index contributed by atoms with van der Waals surface area (Å²) in [7, 11) is 1.58. The number of carbonyl (C=O) groups excluding carboxylic acids is 1. The van der Waals surface area contributed by atoms with Gasteiger partial charge < -0.3 is 15.0 Å². The van der Waals surface area contributed by atoms with Crippen LogP contribution in [0.5, 0.6) is 5.75 Å². The number of ether oxygens (including phenoxy) is 1. The minimum Gasteiger partial charge on any atom is -0.495 e. The zero-order chi connectivity index (χ0) is 17.2. The number of benzene rings is 1. The lowest BCUT2D eigenvalue weighted by Crippen LogP contribution is -2.13. The molecular weight excluding hydrogens is 316 g/mol. The van der Waals surface area contributed by atoms with Crippen LogP contribution in [0.25, 0.3) is 11.3 Å². The molecule has 0 saturated carbocycles. The Balaban J connectivity index is 1.74. The van der Waals surface area contributed by atoms with Gasteiger partial charge in [0.1, 0.15) is 12.1 Å². The van der Waals surface area contributed by atoms with E-state index in [4.69, 9.17) is 4.74 Å². The van der Waals surface area contributed by atoms with Crippen LogP contribution in [0.2, 0.25) is 0 Å². The number of methoxy groups -OCH3 is 1. The maximum absolute atomic E-state index is 12.9. The lowest BCUT2D eigenvalue weighted by atomic mass is 10.0. The number of hydrogen-bond acceptors (Lipinski definition) is 4. The van der Waals surface area contributed by atoms with Gasteiger partial charge in [0.15, 0.2) is 0 Å². The number of para-hydroxylation sites is 2. The van der Waals surface area contributed by atoms with Crippen molar-refractivity contribution in [1.29, 1.82) is 0 Å². The number of nitrogens with one attached hydrogen (secondary N) is 2. The van der Waals surface area contributed by atoms with Gasteiger partial charge in [-0.15, -0.1) is 0 Å². The molecule has 3 aromatic rings. The molecule has 2 N–H and O–H groups in total. The maximum Gasteiger partial charge on any atom is 0.258 e. The molecule has 1 aliphatic rings. The second kappa shape index (κ2) is 6.39. The molecule has 1 amide bonds. The first-order valence-corrected chi connectivity index (χ1v) is 8.22. The average molecular weight is 334 g/mol. The summed E-state index contributed by atoms with van der Waals surface area (Å²) in [5.74, 6) is 0.439. The number of amides is 1. The summed E-state index contributed by atoms with van der Waals surface area (Å²) in [6.45, 7) is 0. The van der Waals surface area contributed by atoms with Crippen molar-refractivity contribution >= 4 is 11.6 Å². The van der Waals surface area contributed by atoms with Gasteiger partial charge in [0, 0.05) is 23.7 Å². The number of rotatable bonds is 3. The topological polar surface area (TPSA) is 79.9 Å². The standard InChI is InChI=1S/C19H18N4O2/c1-25-16-8-3-2-6-14(16)23-19(24)13-10-21-15-7-4-5-12-9-20-11-22-18(12)17(13)15/h2-3,6,8-11,21H,4-5,7H2,1H3,(H,23,24). The molecule has 2 heterocycles. The molecule has 0 unspecified atom stereocenters. The molecule has 0 spiro atoms. The highest BCUT2D eigenvalue weighted by molar-refractivity contribution is 6.09. The Bertz CT molecular complexity index is 933. The molecule has 1 aliphatic carbocycles. The van der Waals surface area contributed by atoms with Crippen LogP contribution in [0.4, 0.5) is 5.69 Å². The summed E-state index contributed by atoms with van der Waals surface area (Å²) >= 11 is 0. The van der Waals surface area contributed by atoms with Gasteiger partial charge >= 0.3 is 0 Å². The van der Waals surface area contributed by atoms with E-state index in [-0.39, 0.29) is 5.91 Å². The van der Waals surface area contributed by atoms with E-state index < -0.39 is 0 Å². The fourth-order valence-corrected chi connectivity index (χ4v) is 3.27. The van der Waals surface area contributed by atoms with Crippen LogP contribution in [0.3, 0.4) is 0 Å². The molecule has 0 fully saturated rings. The Morgan fingerprint density at radius 1 is 1.28 bits per heavy atom. The van der Waals surface area contributed by atoms with Gasteiger partial charge in [-0.1, -0.05) is 12.1 Å². The van der Waals surface area contributed by atoms with Crippen LogP contribution < -0.4 is 10.1 Å². The number of nitrogens with zero attached hydrogens (tertiary/aromatic N) is 2. The lowest BCUT2D eigenvalue weighted by Gasteiger charge is -2.11. The van der Waals surface area contributed by atoms with Gasteiger partial charge in [0.05, 0.1) is 24.1 Å². The summed E-state index contributed by atoms with van der Waals surface area (Å²) in [6, 6.07) is 7.36.